The third kappa shape index (κ3) is 5.00. The van der Waals surface area contributed by atoms with E-state index in [4.69, 9.17) is 18.3 Å². The van der Waals surface area contributed by atoms with E-state index < -0.39 is 42.9 Å². The predicted octanol–water partition coefficient (Wildman–Crippen LogP) is 1.67. The molecular weight excluding hydrogens is 428 g/mol. The molecule has 1 aliphatic rings. The maximum atomic E-state index is 13.4. The number of alkyl halides is 1. The summed E-state index contributed by atoms with van der Waals surface area (Å²) in [5.41, 5.74) is -1.18. The number of hydrogen-bond acceptors (Lipinski definition) is 9. The molecule has 0 amide bonds. The minimum absolute atomic E-state index is 0.0313. The van der Waals surface area contributed by atoms with E-state index in [2.05, 4.69) is 4.98 Å². The van der Waals surface area contributed by atoms with Crippen molar-refractivity contribution in [3.8, 4) is 5.75 Å². The molecule has 1 aromatic heterocycles. The highest BCUT2D eigenvalue weighted by molar-refractivity contribution is 7.49. The molecule has 3 rings (SSSR count). The Labute approximate surface area is 167 Å². The van der Waals surface area contributed by atoms with Gasteiger partial charge in [-0.3, -0.25) is 33.5 Å². The number of aromatic nitrogens is 2. The smallest absolute Gasteiger partial charge is 0.404 e. The summed E-state index contributed by atoms with van der Waals surface area (Å²) in [5.74, 6) is -0.0313. The summed E-state index contributed by atoms with van der Waals surface area (Å²) in [6.07, 6.45) is -1.06. The fraction of sp³-hybridized carbons (Fsp3) is 0.375. The van der Waals surface area contributed by atoms with Crippen LogP contribution in [0.15, 0.2) is 40.1 Å². The number of rotatable bonds is 7. The highest BCUT2D eigenvalue weighted by Gasteiger charge is 2.43. The lowest BCUT2D eigenvalue weighted by Gasteiger charge is -2.33. The first-order valence-corrected chi connectivity index (χ1v) is 10.0. The highest BCUT2D eigenvalue weighted by atomic mass is 31.2. The Morgan fingerprint density at radius 3 is 2.70 bits per heavy atom. The molecule has 0 saturated carbocycles. The van der Waals surface area contributed by atoms with E-state index in [0.29, 0.717) is 0 Å². The van der Waals surface area contributed by atoms with Crippen molar-refractivity contribution in [3.05, 3.63) is 67.0 Å². The number of aromatic amines is 1. The molecule has 14 heteroatoms. The van der Waals surface area contributed by atoms with E-state index in [-0.39, 0.29) is 30.3 Å². The van der Waals surface area contributed by atoms with Gasteiger partial charge < -0.3 is 9.26 Å². The van der Waals surface area contributed by atoms with Gasteiger partial charge in [0.2, 0.25) is 0 Å². The van der Waals surface area contributed by atoms with Crippen molar-refractivity contribution in [2.45, 2.75) is 25.9 Å². The molecule has 3 atom stereocenters. The van der Waals surface area contributed by atoms with Crippen molar-refractivity contribution in [3.63, 3.8) is 0 Å². The highest BCUT2D eigenvalue weighted by Crippen LogP contribution is 2.53. The van der Waals surface area contributed by atoms with Crippen LogP contribution in [0, 0.1) is 17.0 Å². The minimum atomic E-state index is -4.21. The average molecular weight is 445 g/mol. The van der Waals surface area contributed by atoms with Gasteiger partial charge in [0.05, 0.1) is 11.5 Å². The lowest BCUT2D eigenvalue weighted by atomic mass is 10.2. The van der Waals surface area contributed by atoms with Crippen molar-refractivity contribution >= 4 is 13.5 Å². The predicted molar refractivity (Wildman–Crippen MR) is 99.1 cm³/mol. The third-order valence-electron chi connectivity index (χ3n) is 4.11. The molecule has 162 valence electrons. The van der Waals surface area contributed by atoms with Crippen LogP contribution in [-0.4, -0.2) is 40.0 Å². The standard InChI is InChI=1S/C16H17FN3O9P/c1-10-7-19(16(22)18-15(10)21)9-26-14-8-27-30(25,29-13(14)6-17)28-12-4-2-11(3-5-12)20(23)24/h2-5,7,13-14H,6,8-9H2,1H3,(H,18,21,22). The van der Waals surface area contributed by atoms with E-state index in [1.165, 1.54) is 25.3 Å². The number of nitro groups is 1. The van der Waals surface area contributed by atoms with Gasteiger partial charge >= 0.3 is 13.5 Å². The summed E-state index contributed by atoms with van der Waals surface area (Å²) in [6.45, 7) is -0.285. The number of nitrogens with zero attached hydrogens (tertiary/aromatic N) is 2. The first kappa shape index (κ1) is 21.8. The Balaban J connectivity index is 1.64. The normalized spacial score (nSPS) is 23.8. The van der Waals surface area contributed by atoms with Gasteiger partial charge in [0.1, 0.15) is 31.4 Å². The van der Waals surface area contributed by atoms with Gasteiger partial charge in [-0.2, -0.15) is 0 Å². The number of benzene rings is 1. The summed E-state index contributed by atoms with van der Waals surface area (Å²) in [7, 11) is -4.21. The Bertz CT molecular complexity index is 1080. The molecule has 0 bridgehead atoms. The van der Waals surface area contributed by atoms with Crippen molar-refractivity contribution in [1.29, 1.82) is 0 Å². The zero-order valence-electron chi connectivity index (χ0n) is 15.6. The van der Waals surface area contributed by atoms with E-state index in [1.54, 1.807) is 0 Å². The topological polar surface area (TPSA) is 152 Å². The second-order valence-corrected chi connectivity index (χ2v) is 7.80. The maximum Gasteiger partial charge on any atom is 0.530 e. The van der Waals surface area contributed by atoms with E-state index in [1.807, 2.05) is 0 Å². The van der Waals surface area contributed by atoms with Crippen LogP contribution in [0.4, 0.5) is 10.1 Å². The van der Waals surface area contributed by atoms with Gasteiger partial charge in [0.25, 0.3) is 11.2 Å². The molecule has 0 aliphatic carbocycles. The number of phosphoric ester groups is 1. The number of aryl methyl sites for hydroxylation is 1. The largest absolute Gasteiger partial charge is 0.530 e. The van der Waals surface area contributed by atoms with Gasteiger partial charge in [-0.15, -0.1) is 0 Å². The average Bonchev–Trinajstić information content (AvgIpc) is 2.70. The van der Waals surface area contributed by atoms with Gasteiger partial charge in [-0.05, 0) is 19.1 Å². The van der Waals surface area contributed by atoms with Crippen molar-refractivity contribution in [2.75, 3.05) is 13.3 Å². The van der Waals surface area contributed by atoms with E-state index in [0.717, 1.165) is 16.7 Å². The minimum Gasteiger partial charge on any atom is -0.404 e. The van der Waals surface area contributed by atoms with Crippen molar-refractivity contribution in [2.24, 2.45) is 0 Å². The molecule has 1 aromatic carbocycles. The zero-order valence-corrected chi connectivity index (χ0v) is 16.5. The molecule has 0 spiro atoms. The lowest BCUT2D eigenvalue weighted by molar-refractivity contribution is -0.384. The molecule has 30 heavy (non-hydrogen) atoms. The molecule has 1 saturated heterocycles. The number of nitrogens with one attached hydrogen (secondary N) is 1. The van der Waals surface area contributed by atoms with Crippen LogP contribution in [0.25, 0.3) is 0 Å². The Morgan fingerprint density at radius 2 is 2.07 bits per heavy atom. The van der Waals surface area contributed by atoms with Gasteiger partial charge in [0.15, 0.2) is 0 Å². The van der Waals surface area contributed by atoms with Crippen molar-refractivity contribution in [1.82, 2.24) is 9.55 Å². The summed E-state index contributed by atoms with van der Waals surface area (Å²) in [4.78, 5) is 35.3. The Hall–Kier alpha value is -2.86. The molecule has 1 N–H and O–H groups in total. The van der Waals surface area contributed by atoms with Crippen LogP contribution >= 0.6 is 7.82 Å². The first-order chi connectivity index (χ1) is 14.2. The summed E-state index contributed by atoms with van der Waals surface area (Å²) in [5, 5.41) is 10.7. The number of phosphoric acid groups is 1. The Kier molecular flexibility index (Phi) is 6.46. The van der Waals surface area contributed by atoms with Crippen LogP contribution in [-0.2, 0) is 25.1 Å². The van der Waals surface area contributed by atoms with Crippen molar-refractivity contribution < 1.29 is 32.2 Å². The number of H-pyrrole nitrogens is 1. The Morgan fingerprint density at radius 1 is 1.37 bits per heavy atom. The monoisotopic (exact) mass is 445 g/mol. The third-order valence-corrected chi connectivity index (χ3v) is 5.54. The second-order valence-electron chi connectivity index (χ2n) is 6.26. The summed E-state index contributed by atoms with van der Waals surface area (Å²) >= 11 is 0. The molecular formula is C16H17FN3O9P. The maximum absolute atomic E-state index is 13.4. The lowest BCUT2D eigenvalue weighted by Crippen LogP contribution is -2.42. The molecule has 1 aliphatic heterocycles. The summed E-state index contributed by atoms with van der Waals surface area (Å²) < 4.78 is 47.9. The van der Waals surface area contributed by atoms with Gasteiger partial charge in [-0.1, -0.05) is 0 Å². The van der Waals surface area contributed by atoms with E-state index >= 15 is 0 Å². The fourth-order valence-corrected chi connectivity index (χ4v) is 3.91. The summed E-state index contributed by atoms with van der Waals surface area (Å²) in [6, 6.07) is 4.66. The van der Waals surface area contributed by atoms with E-state index in [9.17, 15) is 28.7 Å². The van der Waals surface area contributed by atoms with Crippen LogP contribution in [0.3, 0.4) is 0 Å². The van der Waals surface area contributed by atoms with Gasteiger partial charge in [-0.25, -0.2) is 13.8 Å². The molecule has 2 heterocycles. The number of ether oxygens (including phenoxy) is 1. The number of halogens is 1. The molecule has 0 radical (unpaired) electrons. The molecule has 2 aromatic rings. The van der Waals surface area contributed by atoms with Crippen LogP contribution in [0.1, 0.15) is 5.56 Å². The van der Waals surface area contributed by atoms with Gasteiger partial charge in [0, 0.05) is 23.9 Å². The molecule has 3 unspecified atom stereocenters. The van der Waals surface area contributed by atoms with Crippen LogP contribution < -0.4 is 15.8 Å². The number of non-ortho nitro benzene ring substituents is 1. The fourth-order valence-electron chi connectivity index (χ4n) is 2.52. The van der Waals surface area contributed by atoms with Crippen LogP contribution in [0.5, 0.6) is 5.75 Å². The second kappa shape index (κ2) is 8.88. The zero-order chi connectivity index (χ0) is 21.9. The quantitative estimate of drug-likeness (QED) is 0.381. The SMILES string of the molecule is Cc1cn(COC2COP(=O)(Oc3ccc([N+](=O)[O-])cc3)OC2CF)c(=O)[nH]c1=O. The van der Waals surface area contributed by atoms with Crippen LogP contribution in [0.2, 0.25) is 0 Å². The molecule has 12 nitrogen and oxygen atoms in total. The number of hydrogen-bond donors (Lipinski definition) is 1. The first-order valence-electron chi connectivity index (χ1n) is 8.56. The molecule has 1 fully saturated rings. The number of nitro benzene ring substituents is 1.